The summed E-state index contributed by atoms with van der Waals surface area (Å²) in [5, 5.41) is 11.4. The fraction of sp³-hybridized carbons (Fsp3) is 0.286. The Hall–Kier alpha value is -2.88. The van der Waals surface area contributed by atoms with Crippen molar-refractivity contribution in [3.8, 4) is 6.07 Å². The summed E-state index contributed by atoms with van der Waals surface area (Å²) in [5.74, 6) is -1.44. The van der Waals surface area contributed by atoms with Gasteiger partial charge in [0.2, 0.25) is 6.41 Å². The van der Waals surface area contributed by atoms with E-state index in [9.17, 15) is 14.4 Å². The van der Waals surface area contributed by atoms with Gasteiger partial charge in [-0.25, -0.2) is 0 Å². The molecule has 0 atom stereocenters. The Labute approximate surface area is 121 Å². The van der Waals surface area contributed by atoms with Gasteiger partial charge in [0.25, 0.3) is 0 Å². The summed E-state index contributed by atoms with van der Waals surface area (Å²) in [6.45, 7) is 1.48. The average molecular weight is 286 g/mol. The van der Waals surface area contributed by atoms with Crippen LogP contribution in [0.15, 0.2) is 24.3 Å². The van der Waals surface area contributed by atoms with Gasteiger partial charge in [0.15, 0.2) is 0 Å². The highest BCUT2D eigenvalue weighted by atomic mass is 16.2. The lowest BCUT2D eigenvalue weighted by Crippen LogP contribution is -2.51. The zero-order valence-electron chi connectivity index (χ0n) is 11.3. The van der Waals surface area contributed by atoms with Crippen LogP contribution < -0.4 is 5.32 Å². The van der Waals surface area contributed by atoms with Gasteiger partial charge >= 0.3 is 11.8 Å². The van der Waals surface area contributed by atoms with E-state index in [0.29, 0.717) is 37.4 Å². The smallest absolute Gasteiger partial charge is 0.313 e. The second kappa shape index (κ2) is 6.52. The summed E-state index contributed by atoms with van der Waals surface area (Å²) in [6, 6.07) is 8.42. The second-order valence-corrected chi connectivity index (χ2v) is 4.55. The first kappa shape index (κ1) is 14.5. The van der Waals surface area contributed by atoms with E-state index >= 15 is 0 Å². The predicted molar refractivity (Wildman–Crippen MR) is 74.0 cm³/mol. The summed E-state index contributed by atoms with van der Waals surface area (Å²) in [5.41, 5.74) is 0.606. The Kier molecular flexibility index (Phi) is 4.51. The standard InChI is InChI=1S/C14H14N4O3/c15-9-11-3-1-2-4-12(11)16-13(20)14(21)18-7-5-17(10-19)6-8-18/h1-4,10H,5-8H2,(H,16,20). The van der Waals surface area contributed by atoms with Crippen molar-refractivity contribution in [3.63, 3.8) is 0 Å². The van der Waals surface area contributed by atoms with Crippen LogP contribution in [0, 0.1) is 11.3 Å². The lowest BCUT2D eigenvalue weighted by molar-refractivity contribution is -0.144. The normalized spacial score (nSPS) is 14.2. The van der Waals surface area contributed by atoms with Crippen molar-refractivity contribution in [2.45, 2.75) is 0 Å². The van der Waals surface area contributed by atoms with E-state index in [1.807, 2.05) is 6.07 Å². The molecule has 7 heteroatoms. The van der Waals surface area contributed by atoms with Crippen molar-refractivity contribution in [3.05, 3.63) is 29.8 Å². The molecule has 0 unspecified atom stereocenters. The number of piperazine rings is 1. The molecule has 1 aliphatic heterocycles. The average Bonchev–Trinajstić information content (AvgIpc) is 2.54. The van der Waals surface area contributed by atoms with Crippen molar-refractivity contribution in [1.82, 2.24) is 9.80 Å². The van der Waals surface area contributed by atoms with Gasteiger partial charge in [-0.05, 0) is 12.1 Å². The third-order valence-corrected chi connectivity index (χ3v) is 3.24. The lowest BCUT2D eigenvalue weighted by atomic mass is 10.2. The number of nitriles is 1. The van der Waals surface area contributed by atoms with Crippen molar-refractivity contribution in [2.24, 2.45) is 0 Å². The highest BCUT2D eigenvalue weighted by Crippen LogP contribution is 2.13. The number of nitrogens with one attached hydrogen (secondary N) is 1. The quantitative estimate of drug-likeness (QED) is 0.601. The van der Waals surface area contributed by atoms with E-state index < -0.39 is 11.8 Å². The molecule has 0 bridgehead atoms. The van der Waals surface area contributed by atoms with Gasteiger partial charge in [0.1, 0.15) is 6.07 Å². The van der Waals surface area contributed by atoms with Crippen molar-refractivity contribution >= 4 is 23.9 Å². The van der Waals surface area contributed by atoms with Gasteiger partial charge in [0.05, 0.1) is 11.3 Å². The van der Waals surface area contributed by atoms with Crippen LogP contribution in [-0.4, -0.2) is 54.2 Å². The summed E-state index contributed by atoms with van der Waals surface area (Å²) in [7, 11) is 0. The molecule has 3 amide bonds. The Morgan fingerprint density at radius 2 is 1.86 bits per heavy atom. The molecule has 108 valence electrons. The van der Waals surface area contributed by atoms with Gasteiger partial charge in [-0.3, -0.25) is 14.4 Å². The van der Waals surface area contributed by atoms with Gasteiger partial charge < -0.3 is 15.1 Å². The van der Waals surface area contributed by atoms with Crippen molar-refractivity contribution in [2.75, 3.05) is 31.5 Å². The molecule has 1 aromatic rings. The molecule has 0 spiro atoms. The number of hydrogen-bond acceptors (Lipinski definition) is 4. The number of benzene rings is 1. The first-order valence-electron chi connectivity index (χ1n) is 6.44. The van der Waals surface area contributed by atoms with Crippen LogP contribution in [0.2, 0.25) is 0 Å². The fourth-order valence-corrected chi connectivity index (χ4v) is 2.04. The molecular weight excluding hydrogens is 272 g/mol. The van der Waals surface area contributed by atoms with Crippen molar-refractivity contribution in [1.29, 1.82) is 5.26 Å². The molecule has 1 aromatic carbocycles. The minimum absolute atomic E-state index is 0.296. The van der Waals surface area contributed by atoms with Gasteiger partial charge in [0, 0.05) is 26.2 Å². The minimum atomic E-state index is -0.780. The molecule has 1 heterocycles. The van der Waals surface area contributed by atoms with Gasteiger partial charge in [-0.1, -0.05) is 12.1 Å². The van der Waals surface area contributed by atoms with E-state index in [0.717, 1.165) is 6.41 Å². The fourth-order valence-electron chi connectivity index (χ4n) is 2.04. The number of nitrogens with zero attached hydrogens (tertiary/aromatic N) is 3. The Balaban J connectivity index is 1.99. The largest absolute Gasteiger partial charge is 0.342 e. The zero-order chi connectivity index (χ0) is 15.2. The zero-order valence-corrected chi connectivity index (χ0v) is 11.3. The Bertz CT molecular complexity index is 600. The number of para-hydroxylation sites is 1. The highest BCUT2D eigenvalue weighted by molar-refractivity contribution is 6.39. The highest BCUT2D eigenvalue weighted by Gasteiger charge is 2.25. The monoisotopic (exact) mass is 286 g/mol. The molecule has 0 aliphatic carbocycles. The number of carbonyl (C=O) groups is 3. The van der Waals surface area contributed by atoms with Crippen LogP contribution in [-0.2, 0) is 14.4 Å². The molecule has 1 fully saturated rings. The van der Waals surface area contributed by atoms with Crippen LogP contribution >= 0.6 is 0 Å². The SMILES string of the molecule is N#Cc1ccccc1NC(=O)C(=O)N1CCN(C=O)CC1. The summed E-state index contributed by atoms with van der Waals surface area (Å²) in [4.78, 5) is 37.5. The van der Waals surface area contributed by atoms with E-state index in [1.165, 1.54) is 4.90 Å². The number of amides is 3. The maximum Gasteiger partial charge on any atom is 0.313 e. The Morgan fingerprint density at radius 3 is 2.48 bits per heavy atom. The number of rotatable bonds is 2. The molecule has 0 radical (unpaired) electrons. The van der Waals surface area contributed by atoms with E-state index in [-0.39, 0.29) is 0 Å². The number of carbonyl (C=O) groups excluding carboxylic acids is 3. The maximum atomic E-state index is 12.0. The lowest BCUT2D eigenvalue weighted by Gasteiger charge is -2.32. The molecule has 0 saturated carbocycles. The van der Waals surface area contributed by atoms with Gasteiger partial charge in [-0.15, -0.1) is 0 Å². The molecule has 1 aliphatic rings. The second-order valence-electron chi connectivity index (χ2n) is 4.55. The van der Waals surface area contributed by atoms with E-state index in [1.54, 1.807) is 29.2 Å². The molecule has 2 rings (SSSR count). The van der Waals surface area contributed by atoms with Crippen LogP contribution in [0.3, 0.4) is 0 Å². The van der Waals surface area contributed by atoms with Crippen LogP contribution in [0.5, 0.6) is 0 Å². The van der Waals surface area contributed by atoms with Gasteiger partial charge in [-0.2, -0.15) is 5.26 Å². The third kappa shape index (κ3) is 3.36. The first-order valence-corrected chi connectivity index (χ1v) is 6.44. The molecule has 21 heavy (non-hydrogen) atoms. The number of anilines is 1. The minimum Gasteiger partial charge on any atom is -0.342 e. The predicted octanol–water partition coefficient (Wildman–Crippen LogP) is -0.203. The first-order chi connectivity index (χ1) is 10.2. The van der Waals surface area contributed by atoms with Crippen LogP contribution in [0.4, 0.5) is 5.69 Å². The molecule has 7 nitrogen and oxygen atoms in total. The summed E-state index contributed by atoms with van der Waals surface area (Å²) < 4.78 is 0. The van der Waals surface area contributed by atoms with Crippen LogP contribution in [0.1, 0.15) is 5.56 Å². The molecule has 0 aromatic heterocycles. The maximum absolute atomic E-state index is 12.0. The third-order valence-electron chi connectivity index (χ3n) is 3.24. The Morgan fingerprint density at radius 1 is 1.19 bits per heavy atom. The summed E-state index contributed by atoms with van der Waals surface area (Å²) >= 11 is 0. The molecular formula is C14H14N4O3. The molecule has 1 saturated heterocycles. The van der Waals surface area contributed by atoms with Crippen molar-refractivity contribution < 1.29 is 14.4 Å². The molecule has 1 N–H and O–H groups in total. The van der Waals surface area contributed by atoms with E-state index in [2.05, 4.69) is 5.32 Å². The summed E-state index contributed by atoms with van der Waals surface area (Å²) in [6.07, 6.45) is 0.727. The van der Waals surface area contributed by atoms with E-state index in [4.69, 9.17) is 5.26 Å². The topological polar surface area (TPSA) is 93.5 Å². The number of hydrogen-bond donors (Lipinski definition) is 1. The van der Waals surface area contributed by atoms with Crippen LogP contribution in [0.25, 0.3) is 0 Å².